The Hall–Kier alpha value is -0.860. The summed E-state index contributed by atoms with van der Waals surface area (Å²) in [6.45, 7) is 0. The standard InChI is InChI=1S/C11H7S2/c12-8-13-11-7-3-5-9-4-1-2-6-10(9)11/h1-7H. The van der Waals surface area contributed by atoms with Crippen molar-refractivity contribution >= 4 is 39.5 Å². The summed E-state index contributed by atoms with van der Waals surface area (Å²) in [7, 11) is 0. The van der Waals surface area contributed by atoms with Gasteiger partial charge in [0.1, 0.15) is 4.70 Å². The fourth-order valence-electron chi connectivity index (χ4n) is 1.33. The number of fused-ring (bicyclic) bond motifs is 1. The second kappa shape index (κ2) is 3.90. The topological polar surface area (TPSA) is 0 Å². The van der Waals surface area contributed by atoms with E-state index in [1.165, 1.54) is 27.4 Å². The summed E-state index contributed by atoms with van der Waals surface area (Å²) < 4.78 is 2.68. The highest BCUT2D eigenvalue weighted by atomic mass is 32.2. The molecule has 0 aliphatic carbocycles. The minimum absolute atomic E-state index is 1.17. The SMILES string of the molecule is S=[C]Sc1cccc2ccccc12. The average Bonchev–Trinajstić information content (AvgIpc) is 2.19. The van der Waals surface area contributed by atoms with Crippen molar-refractivity contribution in [3.8, 4) is 0 Å². The van der Waals surface area contributed by atoms with Crippen molar-refractivity contribution in [3.63, 3.8) is 0 Å². The van der Waals surface area contributed by atoms with Gasteiger partial charge in [0.2, 0.25) is 0 Å². The summed E-state index contributed by atoms with van der Waals surface area (Å²) in [6, 6.07) is 14.5. The van der Waals surface area contributed by atoms with Crippen molar-refractivity contribution in [1.29, 1.82) is 0 Å². The minimum Gasteiger partial charge on any atom is -0.0756 e. The smallest absolute Gasteiger partial charge is 0.0756 e. The van der Waals surface area contributed by atoms with E-state index in [0.717, 1.165) is 0 Å². The number of hydrogen-bond acceptors (Lipinski definition) is 2. The molecule has 2 heteroatoms. The molecule has 13 heavy (non-hydrogen) atoms. The molecule has 0 atom stereocenters. The van der Waals surface area contributed by atoms with Crippen molar-refractivity contribution in [1.82, 2.24) is 0 Å². The molecule has 0 aliphatic rings. The number of benzene rings is 2. The number of rotatable bonds is 2. The molecule has 2 aromatic rings. The zero-order chi connectivity index (χ0) is 9.10. The van der Waals surface area contributed by atoms with E-state index in [1.807, 2.05) is 18.2 Å². The largest absolute Gasteiger partial charge is 0.100 e. The molecule has 0 aromatic heterocycles. The summed E-state index contributed by atoms with van der Waals surface area (Å²) in [5.41, 5.74) is 0. The lowest BCUT2D eigenvalue weighted by Gasteiger charge is -2.01. The van der Waals surface area contributed by atoms with Crippen LogP contribution in [-0.2, 0) is 0 Å². The summed E-state index contributed by atoms with van der Waals surface area (Å²) in [5.74, 6) is 0. The Morgan fingerprint density at radius 1 is 1.00 bits per heavy atom. The maximum atomic E-state index is 4.71. The van der Waals surface area contributed by atoms with E-state index in [0.29, 0.717) is 0 Å². The van der Waals surface area contributed by atoms with Crippen LogP contribution in [0.3, 0.4) is 0 Å². The molecule has 0 bridgehead atoms. The molecule has 0 fully saturated rings. The van der Waals surface area contributed by atoms with Gasteiger partial charge in [-0.1, -0.05) is 60.4 Å². The second-order valence-corrected chi connectivity index (χ2v) is 3.97. The molecule has 0 saturated carbocycles. The Morgan fingerprint density at radius 2 is 1.77 bits per heavy atom. The van der Waals surface area contributed by atoms with Crippen LogP contribution in [0.25, 0.3) is 10.8 Å². The predicted molar refractivity (Wildman–Crippen MR) is 62.4 cm³/mol. The average molecular weight is 203 g/mol. The minimum atomic E-state index is 1.17. The van der Waals surface area contributed by atoms with E-state index in [2.05, 4.69) is 29.0 Å². The van der Waals surface area contributed by atoms with Crippen LogP contribution >= 0.6 is 24.0 Å². The first-order chi connectivity index (χ1) is 6.42. The molecule has 0 unspecified atom stereocenters. The van der Waals surface area contributed by atoms with E-state index in [4.69, 9.17) is 12.2 Å². The lowest BCUT2D eigenvalue weighted by atomic mass is 10.1. The van der Waals surface area contributed by atoms with Gasteiger partial charge in [0.25, 0.3) is 0 Å². The van der Waals surface area contributed by atoms with E-state index < -0.39 is 0 Å². The zero-order valence-electron chi connectivity index (χ0n) is 6.86. The van der Waals surface area contributed by atoms with Gasteiger partial charge in [0, 0.05) is 4.90 Å². The van der Waals surface area contributed by atoms with Gasteiger partial charge < -0.3 is 0 Å². The lowest BCUT2D eigenvalue weighted by Crippen LogP contribution is -1.75. The number of thioether (sulfide) groups is 1. The predicted octanol–water partition coefficient (Wildman–Crippen LogP) is 3.77. The Bertz CT molecular complexity index is 430. The first-order valence-corrected chi connectivity index (χ1v) is 5.16. The van der Waals surface area contributed by atoms with Crippen molar-refractivity contribution in [2.24, 2.45) is 0 Å². The van der Waals surface area contributed by atoms with Crippen LogP contribution in [0.15, 0.2) is 47.4 Å². The van der Waals surface area contributed by atoms with Crippen LogP contribution in [0.5, 0.6) is 0 Å². The normalized spacial score (nSPS) is 10.2. The van der Waals surface area contributed by atoms with Gasteiger partial charge in [-0.25, -0.2) is 0 Å². The Morgan fingerprint density at radius 3 is 2.62 bits per heavy atom. The fraction of sp³-hybridized carbons (Fsp3) is 0. The molecular formula is C11H7S2. The van der Waals surface area contributed by atoms with Crippen molar-refractivity contribution in [2.75, 3.05) is 0 Å². The maximum Gasteiger partial charge on any atom is 0.100 e. The fourth-order valence-corrected chi connectivity index (χ4v) is 2.13. The third-order valence-corrected chi connectivity index (χ3v) is 2.81. The first-order valence-electron chi connectivity index (χ1n) is 3.93. The van der Waals surface area contributed by atoms with E-state index in [-0.39, 0.29) is 0 Å². The number of thiocarbonyl (C=S) groups is 1. The molecule has 0 saturated heterocycles. The molecule has 1 radical (unpaired) electrons. The molecular weight excluding hydrogens is 196 g/mol. The Kier molecular flexibility index (Phi) is 2.62. The first kappa shape index (κ1) is 8.73. The monoisotopic (exact) mass is 203 g/mol. The molecule has 2 rings (SSSR count). The van der Waals surface area contributed by atoms with Crippen LogP contribution in [-0.4, -0.2) is 4.70 Å². The Labute approximate surface area is 87.0 Å². The van der Waals surface area contributed by atoms with Gasteiger partial charge in [-0.3, -0.25) is 0 Å². The van der Waals surface area contributed by atoms with Crippen molar-refractivity contribution in [2.45, 2.75) is 4.90 Å². The van der Waals surface area contributed by atoms with Crippen molar-refractivity contribution in [3.05, 3.63) is 42.5 Å². The molecule has 0 spiro atoms. The summed E-state index contributed by atoms with van der Waals surface area (Å²) >= 11 is 6.18. The molecule has 0 nitrogen and oxygen atoms in total. The highest BCUT2D eigenvalue weighted by Gasteiger charge is 1.97. The van der Waals surface area contributed by atoms with Crippen LogP contribution in [0.1, 0.15) is 0 Å². The third-order valence-electron chi connectivity index (χ3n) is 1.90. The van der Waals surface area contributed by atoms with E-state index in [1.54, 1.807) is 0 Å². The van der Waals surface area contributed by atoms with Crippen LogP contribution in [0.4, 0.5) is 0 Å². The number of hydrogen-bond donors (Lipinski definition) is 0. The van der Waals surface area contributed by atoms with Gasteiger partial charge >= 0.3 is 0 Å². The third kappa shape index (κ3) is 1.74. The highest BCUT2D eigenvalue weighted by Crippen LogP contribution is 2.26. The molecule has 0 heterocycles. The van der Waals surface area contributed by atoms with Gasteiger partial charge in [-0.15, -0.1) is 0 Å². The molecule has 63 valence electrons. The summed E-state index contributed by atoms with van der Waals surface area (Å²) in [4.78, 5) is 1.17. The van der Waals surface area contributed by atoms with Gasteiger partial charge in [-0.2, -0.15) is 0 Å². The maximum absolute atomic E-state index is 4.71. The second-order valence-electron chi connectivity index (χ2n) is 2.66. The molecule has 0 aliphatic heterocycles. The summed E-state index contributed by atoms with van der Waals surface area (Å²) in [6.07, 6.45) is 0. The summed E-state index contributed by atoms with van der Waals surface area (Å²) in [5, 5.41) is 2.49. The van der Waals surface area contributed by atoms with E-state index >= 15 is 0 Å². The van der Waals surface area contributed by atoms with E-state index in [9.17, 15) is 0 Å². The highest BCUT2D eigenvalue weighted by molar-refractivity contribution is 8.20. The molecule has 0 N–H and O–H groups in total. The van der Waals surface area contributed by atoms with Crippen LogP contribution in [0, 0.1) is 0 Å². The molecule has 0 amide bonds. The van der Waals surface area contributed by atoms with Crippen LogP contribution < -0.4 is 0 Å². The zero-order valence-corrected chi connectivity index (χ0v) is 8.49. The Balaban J connectivity index is 2.68. The van der Waals surface area contributed by atoms with Crippen molar-refractivity contribution < 1.29 is 0 Å². The van der Waals surface area contributed by atoms with Gasteiger partial charge in [-0.05, 0) is 16.8 Å². The molecule has 2 aromatic carbocycles. The van der Waals surface area contributed by atoms with Gasteiger partial charge in [0.05, 0.1) is 0 Å². The lowest BCUT2D eigenvalue weighted by molar-refractivity contribution is 1.56. The quantitative estimate of drug-likeness (QED) is 0.538. The van der Waals surface area contributed by atoms with Gasteiger partial charge in [0.15, 0.2) is 0 Å². The van der Waals surface area contributed by atoms with Crippen LogP contribution in [0.2, 0.25) is 0 Å².